The predicted molar refractivity (Wildman–Crippen MR) is 114 cm³/mol. The maximum atomic E-state index is 12.7. The van der Waals surface area contributed by atoms with Gasteiger partial charge in [0.05, 0.1) is 17.8 Å². The Bertz CT molecular complexity index is 990. The molecule has 2 aromatic carbocycles. The van der Waals surface area contributed by atoms with E-state index in [0.29, 0.717) is 32.2 Å². The lowest BCUT2D eigenvalue weighted by atomic mass is 10.2. The number of rotatable bonds is 6. The third-order valence-electron chi connectivity index (χ3n) is 4.04. The Morgan fingerprint density at radius 3 is 2.57 bits per heavy atom. The van der Waals surface area contributed by atoms with Gasteiger partial charge in [-0.3, -0.25) is 10.2 Å². The molecular formula is C20H19Cl2N3O2S. The van der Waals surface area contributed by atoms with Gasteiger partial charge in [0.25, 0.3) is 5.91 Å². The van der Waals surface area contributed by atoms with E-state index in [2.05, 4.69) is 10.4 Å². The number of halogens is 2. The van der Waals surface area contributed by atoms with Crippen LogP contribution in [-0.4, -0.2) is 30.1 Å². The molecule has 0 spiro atoms. The minimum absolute atomic E-state index is 0.206. The lowest BCUT2D eigenvalue weighted by Gasteiger charge is -2.18. The fraction of sp³-hybridized carbons (Fsp3) is 0.200. The van der Waals surface area contributed by atoms with Crippen molar-refractivity contribution in [1.29, 1.82) is 0 Å². The summed E-state index contributed by atoms with van der Waals surface area (Å²) in [6.45, 7) is 2.37. The standard InChI is InChI=1S/C20H19Cl2N3O2S/c1-12-18(28-20(23-12)16-9-6-14(21)10-17(16)22)19(26)24-25(2)11-13-4-7-15(27-3)8-5-13/h4-10H,11H2,1-3H3,(H,24,26). The molecular weight excluding hydrogens is 417 g/mol. The van der Waals surface area contributed by atoms with Crippen molar-refractivity contribution in [3.8, 4) is 16.3 Å². The van der Waals surface area contributed by atoms with Crippen molar-refractivity contribution < 1.29 is 9.53 Å². The van der Waals surface area contributed by atoms with E-state index in [9.17, 15) is 4.79 Å². The maximum Gasteiger partial charge on any atom is 0.277 e. The minimum atomic E-state index is -0.206. The van der Waals surface area contributed by atoms with Crippen molar-refractivity contribution in [3.05, 3.63) is 68.6 Å². The molecule has 3 rings (SSSR count). The summed E-state index contributed by atoms with van der Waals surface area (Å²) in [5.74, 6) is 0.589. The van der Waals surface area contributed by atoms with Gasteiger partial charge in [0, 0.05) is 24.2 Å². The van der Waals surface area contributed by atoms with Gasteiger partial charge in [-0.25, -0.2) is 9.99 Å². The van der Waals surface area contributed by atoms with E-state index in [1.54, 1.807) is 30.3 Å². The highest BCUT2D eigenvalue weighted by Crippen LogP contribution is 2.34. The Balaban J connectivity index is 1.70. The molecule has 3 aromatic rings. The van der Waals surface area contributed by atoms with Crippen LogP contribution in [0.5, 0.6) is 5.75 Å². The molecule has 1 N–H and O–H groups in total. The van der Waals surface area contributed by atoms with Crippen molar-refractivity contribution in [2.75, 3.05) is 14.2 Å². The van der Waals surface area contributed by atoms with Crippen molar-refractivity contribution in [2.45, 2.75) is 13.5 Å². The van der Waals surface area contributed by atoms with Crippen molar-refractivity contribution in [1.82, 2.24) is 15.4 Å². The van der Waals surface area contributed by atoms with Crippen LogP contribution in [0.1, 0.15) is 20.9 Å². The molecule has 0 atom stereocenters. The highest BCUT2D eigenvalue weighted by molar-refractivity contribution is 7.17. The Morgan fingerprint density at radius 2 is 1.93 bits per heavy atom. The second-order valence-electron chi connectivity index (χ2n) is 6.20. The quantitative estimate of drug-likeness (QED) is 0.539. The van der Waals surface area contributed by atoms with Crippen LogP contribution >= 0.6 is 34.5 Å². The largest absolute Gasteiger partial charge is 0.497 e. The number of benzene rings is 2. The lowest BCUT2D eigenvalue weighted by molar-refractivity contribution is 0.0823. The number of ether oxygens (including phenoxy) is 1. The van der Waals surface area contributed by atoms with E-state index in [1.165, 1.54) is 11.3 Å². The summed E-state index contributed by atoms with van der Waals surface area (Å²) in [5, 5.41) is 3.48. The summed E-state index contributed by atoms with van der Waals surface area (Å²) < 4.78 is 5.16. The zero-order valence-corrected chi connectivity index (χ0v) is 18.0. The molecule has 0 fully saturated rings. The molecule has 1 aromatic heterocycles. The number of methoxy groups -OCH3 is 1. The van der Waals surface area contributed by atoms with Crippen LogP contribution in [0.2, 0.25) is 10.0 Å². The molecule has 0 aliphatic carbocycles. The number of thiazole rings is 1. The molecule has 0 bridgehead atoms. The molecule has 0 saturated carbocycles. The first-order valence-corrected chi connectivity index (χ1v) is 10.0. The average molecular weight is 436 g/mol. The number of hydrazine groups is 1. The van der Waals surface area contributed by atoms with Crippen LogP contribution in [0, 0.1) is 6.92 Å². The average Bonchev–Trinajstić information content (AvgIpc) is 3.03. The monoisotopic (exact) mass is 435 g/mol. The number of hydrogen-bond donors (Lipinski definition) is 1. The second-order valence-corrected chi connectivity index (χ2v) is 8.05. The van der Waals surface area contributed by atoms with Crippen LogP contribution in [0.4, 0.5) is 0 Å². The van der Waals surface area contributed by atoms with E-state index in [4.69, 9.17) is 27.9 Å². The summed E-state index contributed by atoms with van der Waals surface area (Å²) in [7, 11) is 3.44. The number of aromatic nitrogens is 1. The van der Waals surface area contributed by atoms with Gasteiger partial charge in [-0.2, -0.15) is 0 Å². The highest BCUT2D eigenvalue weighted by Gasteiger charge is 2.19. The number of carbonyl (C=O) groups is 1. The maximum absolute atomic E-state index is 12.7. The fourth-order valence-corrected chi connectivity index (χ4v) is 4.20. The van der Waals surface area contributed by atoms with Crippen LogP contribution in [0.15, 0.2) is 42.5 Å². The molecule has 146 valence electrons. The van der Waals surface area contributed by atoms with E-state index in [-0.39, 0.29) is 5.91 Å². The predicted octanol–water partition coefficient (Wildman–Crippen LogP) is 5.21. The number of nitrogens with one attached hydrogen (secondary N) is 1. The molecule has 1 heterocycles. The van der Waals surface area contributed by atoms with Gasteiger partial charge in [-0.05, 0) is 42.8 Å². The smallest absolute Gasteiger partial charge is 0.277 e. The van der Waals surface area contributed by atoms with Crippen molar-refractivity contribution in [3.63, 3.8) is 0 Å². The molecule has 1 amide bonds. The second kappa shape index (κ2) is 8.92. The first-order valence-electron chi connectivity index (χ1n) is 8.45. The Labute approximate surface area is 177 Å². The number of hydrogen-bond acceptors (Lipinski definition) is 5. The summed E-state index contributed by atoms with van der Waals surface area (Å²) in [4.78, 5) is 17.7. The molecule has 28 heavy (non-hydrogen) atoms. The summed E-state index contributed by atoms with van der Waals surface area (Å²) in [6, 6.07) is 12.9. The Morgan fingerprint density at radius 1 is 1.21 bits per heavy atom. The molecule has 8 heteroatoms. The SMILES string of the molecule is COc1ccc(CN(C)NC(=O)c2sc(-c3ccc(Cl)cc3Cl)nc2C)cc1. The summed E-state index contributed by atoms with van der Waals surface area (Å²) >= 11 is 13.5. The van der Waals surface area contributed by atoms with Crippen LogP contribution in [0.3, 0.4) is 0 Å². The number of aryl methyl sites for hydroxylation is 1. The zero-order chi connectivity index (χ0) is 20.3. The van der Waals surface area contributed by atoms with Gasteiger partial charge in [0.15, 0.2) is 0 Å². The number of nitrogens with zero attached hydrogens (tertiary/aromatic N) is 2. The summed E-state index contributed by atoms with van der Waals surface area (Å²) in [5.41, 5.74) is 5.34. The van der Waals surface area contributed by atoms with Crippen LogP contribution < -0.4 is 10.2 Å². The first kappa shape index (κ1) is 20.6. The van der Waals surface area contributed by atoms with E-state index in [1.807, 2.05) is 38.2 Å². The first-order chi connectivity index (χ1) is 13.4. The molecule has 0 unspecified atom stereocenters. The fourth-order valence-electron chi connectivity index (χ4n) is 2.65. The van der Waals surface area contributed by atoms with Crippen LogP contribution in [0.25, 0.3) is 10.6 Å². The molecule has 0 radical (unpaired) electrons. The molecule has 0 saturated heterocycles. The Hall–Kier alpha value is -2.12. The van der Waals surface area contributed by atoms with Gasteiger partial charge in [0.2, 0.25) is 0 Å². The minimum Gasteiger partial charge on any atom is -0.497 e. The van der Waals surface area contributed by atoms with Gasteiger partial charge in [0.1, 0.15) is 15.6 Å². The third-order valence-corrected chi connectivity index (χ3v) is 5.77. The molecule has 5 nitrogen and oxygen atoms in total. The van der Waals surface area contributed by atoms with E-state index < -0.39 is 0 Å². The van der Waals surface area contributed by atoms with E-state index >= 15 is 0 Å². The van der Waals surface area contributed by atoms with Crippen molar-refractivity contribution >= 4 is 40.4 Å². The highest BCUT2D eigenvalue weighted by atomic mass is 35.5. The number of carbonyl (C=O) groups excluding carboxylic acids is 1. The third kappa shape index (κ3) is 4.83. The van der Waals surface area contributed by atoms with Gasteiger partial charge in [-0.15, -0.1) is 11.3 Å². The van der Waals surface area contributed by atoms with Gasteiger partial charge < -0.3 is 4.74 Å². The molecule has 0 aliphatic heterocycles. The zero-order valence-electron chi connectivity index (χ0n) is 15.6. The molecule has 0 aliphatic rings. The Kier molecular flexibility index (Phi) is 6.57. The number of amides is 1. The summed E-state index contributed by atoms with van der Waals surface area (Å²) in [6.07, 6.45) is 0. The van der Waals surface area contributed by atoms with Gasteiger partial charge in [-0.1, -0.05) is 35.3 Å². The normalized spacial score (nSPS) is 10.9. The lowest BCUT2D eigenvalue weighted by Crippen LogP contribution is -2.38. The van der Waals surface area contributed by atoms with Crippen molar-refractivity contribution in [2.24, 2.45) is 0 Å². The van der Waals surface area contributed by atoms with Gasteiger partial charge >= 0.3 is 0 Å². The van der Waals surface area contributed by atoms with Crippen LogP contribution in [-0.2, 0) is 6.54 Å². The topological polar surface area (TPSA) is 54.5 Å². The van der Waals surface area contributed by atoms with E-state index in [0.717, 1.165) is 16.9 Å².